The molecule has 82 valence electrons. The van der Waals surface area contributed by atoms with Crippen LogP contribution in [0.1, 0.15) is 26.3 Å². The summed E-state index contributed by atoms with van der Waals surface area (Å²) in [5, 5.41) is 0.313. The number of halogens is 2. The van der Waals surface area contributed by atoms with Gasteiger partial charge in [0.05, 0.1) is 0 Å². The van der Waals surface area contributed by atoms with Crippen LogP contribution in [0.25, 0.3) is 0 Å². The Hall–Kier alpha value is -0.890. The molecule has 0 aliphatic carbocycles. The van der Waals surface area contributed by atoms with Gasteiger partial charge in [-0.15, -0.1) is 0 Å². The Morgan fingerprint density at radius 2 is 2.00 bits per heavy atom. The van der Waals surface area contributed by atoms with Crippen molar-refractivity contribution in [3.63, 3.8) is 0 Å². The van der Waals surface area contributed by atoms with Crippen LogP contribution >= 0.6 is 11.6 Å². The maximum Gasteiger partial charge on any atom is 0.142 e. The number of benzene rings is 1. The Morgan fingerprint density at radius 3 is 2.47 bits per heavy atom. The van der Waals surface area contributed by atoms with E-state index in [1.165, 1.54) is 12.1 Å². The van der Waals surface area contributed by atoms with Crippen molar-refractivity contribution in [2.24, 2.45) is 5.41 Å². The fourth-order valence-electron chi connectivity index (χ4n) is 1.10. The van der Waals surface area contributed by atoms with Crippen molar-refractivity contribution >= 4 is 17.4 Å². The number of carbonyl (C=O) groups excluding carboxylic acids is 1. The molecule has 0 heterocycles. The summed E-state index contributed by atoms with van der Waals surface area (Å²) in [5.74, 6) is -0.289. The molecule has 0 amide bonds. The van der Waals surface area contributed by atoms with E-state index < -0.39 is 5.41 Å². The number of carbonyl (C=O) groups is 1. The van der Waals surface area contributed by atoms with Gasteiger partial charge in [-0.25, -0.2) is 4.39 Å². The zero-order valence-electron chi connectivity index (χ0n) is 9.10. The summed E-state index contributed by atoms with van der Waals surface area (Å²) >= 11 is 5.83. The SMILES string of the molecule is CC(C)(C)C(=O)Cc1ccc(F)cc1Cl. The van der Waals surface area contributed by atoms with Crippen molar-refractivity contribution in [2.45, 2.75) is 27.2 Å². The number of Topliss-reactive ketones (excluding diaryl/α,β-unsaturated/α-hetero) is 1. The summed E-state index contributed by atoms with van der Waals surface area (Å²) < 4.78 is 12.7. The summed E-state index contributed by atoms with van der Waals surface area (Å²) in [4.78, 5) is 11.7. The van der Waals surface area contributed by atoms with Gasteiger partial charge in [-0.05, 0) is 17.7 Å². The van der Waals surface area contributed by atoms with Crippen molar-refractivity contribution in [2.75, 3.05) is 0 Å². The molecule has 0 fully saturated rings. The maximum absolute atomic E-state index is 12.7. The maximum atomic E-state index is 12.7. The van der Waals surface area contributed by atoms with Crippen molar-refractivity contribution in [1.29, 1.82) is 0 Å². The van der Waals surface area contributed by atoms with E-state index in [0.29, 0.717) is 10.6 Å². The fourth-order valence-corrected chi connectivity index (χ4v) is 1.34. The van der Waals surface area contributed by atoms with Gasteiger partial charge < -0.3 is 0 Å². The highest BCUT2D eigenvalue weighted by Gasteiger charge is 2.21. The van der Waals surface area contributed by atoms with Gasteiger partial charge in [0.15, 0.2) is 0 Å². The molecule has 0 unspecified atom stereocenters. The minimum atomic E-state index is -0.391. The van der Waals surface area contributed by atoms with E-state index >= 15 is 0 Å². The monoisotopic (exact) mass is 228 g/mol. The molecule has 0 radical (unpaired) electrons. The van der Waals surface area contributed by atoms with Crippen molar-refractivity contribution in [1.82, 2.24) is 0 Å². The van der Waals surface area contributed by atoms with E-state index in [2.05, 4.69) is 0 Å². The first-order chi connectivity index (χ1) is 6.80. The second-order valence-electron chi connectivity index (χ2n) is 4.59. The van der Waals surface area contributed by atoms with Gasteiger partial charge in [-0.2, -0.15) is 0 Å². The molecule has 0 N–H and O–H groups in total. The standard InChI is InChI=1S/C12H14ClFO/c1-12(2,3)11(15)6-8-4-5-9(14)7-10(8)13/h4-5,7H,6H2,1-3H3. The highest BCUT2D eigenvalue weighted by molar-refractivity contribution is 6.31. The third-order valence-electron chi connectivity index (χ3n) is 2.20. The van der Waals surface area contributed by atoms with Gasteiger partial charge in [0.2, 0.25) is 0 Å². The van der Waals surface area contributed by atoms with E-state index in [-0.39, 0.29) is 18.0 Å². The predicted octanol–water partition coefficient (Wildman–Crippen LogP) is 3.64. The van der Waals surface area contributed by atoms with Gasteiger partial charge in [-0.3, -0.25) is 4.79 Å². The third kappa shape index (κ3) is 3.31. The molecular weight excluding hydrogens is 215 g/mol. The molecule has 15 heavy (non-hydrogen) atoms. The van der Waals surface area contributed by atoms with Crippen LogP contribution in [0.5, 0.6) is 0 Å². The average Bonchev–Trinajstić information content (AvgIpc) is 2.08. The Morgan fingerprint density at radius 1 is 1.40 bits per heavy atom. The van der Waals surface area contributed by atoms with Crippen LogP contribution < -0.4 is 0 Å². The van der Waals surface area contributed by atoms with Crippen LogP contribution in [0.3, 0.4) is 0 Å². The van der Waals surface area contributed by atoms with E-state index in [0.717, 1.165) is 0 Å². The molecule has 0 bridgehead atoms. The molecule has 3 heteroatoms. The first-order valence-electron chi connectivity index (χ1n) is 4.78. The van der Waals surface area contributed by atoms with Gasteiger partial charge in [-0.1, -0.05) is 38.4 Å². The molecule has 1 aromatic carbocycles. The first-order valence-corrected chi connectivity index (χ1v) is 5.16. The molecule has 0 aliphatic rings. The lowest BCUT2D eigenvalue weighted by atomic mass is 9.87. The Balaban J connectivity index is 2.87. The molecule has 1 rings (SSSR count). The minimum absolute atomic E-state index is 0.0935. The fraction of sp³-hybridized carbons (Fsp3) is 0.417. The van der Waals surface area contributed by atoms with Crippen LogP contribution in [0.4, 0.5) is 4.39 Å². The van der Waals surface area contributed by atoms with Gasteiger partial charge in [0, 0.05) is 16.9 Å². The molecular formula is C12H14ClFO. The van der Waals surface area contributed by atoms with Crippen LogP contribution in [-0.2, 0) is 11.2 Å². The van der Waals surface area contributed by atoms with E-state index in [1.807, 2.05) is 20.8 Å². The van der Waals surface area contributed by atoms with Crippen molar-refractivity contribution in [3.8, 4) is 0 Å². The lowest BCUT2D eigenvalue weighted by Crippen LogP contribution is -2.22. The molecule has 0 saturated heterocycles. The van der Waals surface area contributed by atoms with E-state index in [1.54, 1.807) is 6.07 Å². The Bertz CT molecular complexity index is 380. The normalized spacial score (nSPS) is 11.5. The number of ketones is 1. The third-order valence-corrected chi connectivity index (χ3v) is 2.55. The van der Waals surface area contributed by atoms with Crippen LogP contribution in [0.15, 0.2) is 18.2 Å². The number of rotatable bonds is 2. The molecule has 0 aromatic heterocycles. The Kier molecular flexibility index (Phi) is 3.50. The summed E-state index contributed by atoms with van der Waals surface area (Å²) in [6, 6.07) is 4.10. The van der Waals surface area contributed by atoms with Crippen molar-refractivity contribution < 1.29 is 9.18 Å². The molecule has 0 spiro atoms. The second-order valence-corrected chi connectivity index (χ2v) is 4.99. The predicted molar refractivity (Wildman–Crippen MR) is 59.6 cm³/mol. The second kappa shape index (κ2) is 4.31. The molecule has 1 aromatic rings. The quantitative estimate of drug-likeness (QED) is 0.756. The molecule has 0 saturated carbocycles. The van der Waals surface area contributed by atoms with Crippen LogP contribution in [0.2, 0.25) is 5.02 Å². The highest BCUT2D eigenvalue weighted by atomic mass is 35.5. The van der Waals surface area contributed by atoms with Crippen LogP contribution in [-0.4, -0.2) is 5.78 Å². The van der Waals surface area contributed by atoms with E-state index in [9.17, 15) is 9.18 Å². The lowest BCUT2D eigenvalue weighted by Gasteiger charge is -2.16. The van der Waals surface area contributed by atoms with Crippen molar-refractivity contribution in [3.05, 3.63) is 34.6 Å². The molecule has 0 aliphatic heterocycles. The topological polar surface area (TPSA) is 17.1 Å². The first kappa shape index (κ1) is 12.2. The summed E-state index contributed by atoms with van der Waals surface area (Å²) in [6.07, 6.45) is 0.253. The largest absolute Gasteiger partial charge is 0.299 e. The smallest absolute Gasteiger partial charge is 0.142 e. The number of hydrogen-bond acceptors (Lipinski definition) is 1. The summed E-state index contributed by atoms with van der Waals surface area (Å²) in [5.41, 5.74) is 0.288. The number of hydrogen-bond donors (Lipinski definition) is 0. The Labute approximate surface area is 94.3 Å². The summed E-state index contributed by atoms with van der Waals surface area (Å²) in [6.45, 7) is 5.56. The van der Waals surface area contributed by atoms with Gasteiger partial charge >= 0.3 is 0 Å². The van der Waals surface area contributed by atoms with Gasteiger partial charge in [0.1, 0.15) is 11.6 Å². The zero-order valence-corrected chi connectivity index (χ0v) is 9.86. The van der Waals surface area contributed by atoms with Crippen LogP contribution in [0, 0.1) is 11.2 Å². The highest BCUT2D eigenvalue weighted by Crippen LogP contribution is 2.22. The minimum Gasteiger partial charge on any atom is -0.299 e. The molecule has 0 atom stereocenters. The lowest BCUT2D eigenvalue weighted by molar-refractivity contribution is -0.125. The molecule has 1 nitrogen and oxygen atoms in total. The summed E-state index contributed by atoms with van der Waals surface area (Å²) in [7, 11) is 0. The van der Waals surface area contributed by atoms with Gasteiger partial charge in [0.25, 0.3) is 0 Å². The average molecular weight is 229 g/mol. The van der Waals surface area contributed by atoms with E-state index in [4.69, 9.17) is 11.6 Å². The zero-order chi connectivity index (χ0) is 11.6.